The van der Waals surface area contributed by atoms with E-state index in [1.54, 1.807) is 11.8 Å². The number of nitrogens with zero attached hydrogens (tertiary/aromatic N) is 3. The molecule has 0 radical (unpaired) electrons. The zero-order chi connectivity index (χ0) is 18.0. The lowest BCUT2D eigenvalue weighted by Gasteiger charge is -2.38. The number of likely N-dealkylation sites (tertiary alicyclic amines) is 1. The summed E-state index contributed by atoms with van der Waals surface area (Å²) in [5, 5.41) is 7.31. The van der Waals surface area contributed by atoms with E-state index < -0.39 is 0 Å². The minimum Gasteiger partial charge on any atom is -0.350 e. The number of hydrogen-bond acceptors (Lipinski definition) is 6. The maximum atomic E-state index is 12.5. The third-order valence-corrected chi connectivity index (χ3v) is 6.00. The summed E-state index contributed by atoms with van der Waals surface area (Å²) in [5.74, 6) is 2.37. The van der Waals surface area contributed by atoms with Gasteiger partial charge in [-0.15, -0.1) is 0 Å². The summed E-state index contributed by atoms with van der Waals surface area (Å²) >= 11 is 1.69. The Morgan fingerprint density at radius 3 is 2.81 bits per heavy atom. The van der Waals surface area contributed by atoms with Crippen LogP contribution in [0.25, 0.3) is 0 Å². The summed E-state index contributed by atoms with van der Waals surface area (Å²) in [5.41, 5.74) is 1.06. The summed E-state index contributed by atoms with van der Waals surface area (Å²) in [4.78, 5) is 19.3. The summed E-state index contributed by atoms with van der Waals surface area (Å²) in [7, 11) is 0. The summed E-state index contributed by atoms with van der Waals surface area (Å²) in [6.07, 6.45) is 4.85. The van der Waals surface area contributed by atoms with Crippen LogP contribution >= 0.6 is 11.8 Å². The first-order valence-corrected chi connectivity index (χ1v) is 10.5. The Kier molecular flexibility index (Phi) is 5.00. The van der Waals surface area contributed by atoms with Gasteiger partial charge in [0.15, 0.2) is 5.82 Å². The van der Waals surface area contributed by atoms with Gasteiger partial charge in [0.1, 0.15) is 0 Å². The van der Waals surface area contributed by atoms with Crippen LogP contribution in [0.2, 0.25) is 0 Å². The standard InChI is InChI=1S/C19H24N4O2S/c1-26-13-16-20-17(25-22-16)12-23-9-7-19(8-10-23)11-15(18(24)21-19)14-5-3-2-4-6-14/h2-6,15H,7-13H2,1H3,(H,21,24)/t15-/m0/s1. The summed E-state index contributed by atoms with van der Waals surface area (Å²) < 4.78 is 5.34. The van der Waals surface area contributed by atoms with E-state index in [9.17, 15) is 4.79 Å². The molecule has 2 aliphatic rings. The number of amides is 1. The van der Waals surface area contributed by atoms with Gasteiger partial charge in [0.05, 0.1) is 18.2 Å². The Morgan fingerprint density at radius 1 is 1.31 bits per heavy atom. The highest BCUT2D eigenvalue weighted by molar-refractivity contribution is 7.97. The van der Waals surface area contributed by atoms with E-state index in [0.717, 1.165) is 49.5 Å². The van der Waals surface area contributed by atoms with Gasteiger partial charge in [-0.2, -0.15) is 16.7 Å². The van der Waals surface area contributed by atoms with Crippen LogP contribution in [-0.4, -0.2) is 45.8 Å². The van der Waals surface area contributed by atoms with Gasteiger partial charge in [0, 0.05) is 18.6 Å². The van der Waals surface area contributed by atoms with E-state index in [0.29, 0.717) is 12.4 Å². The molecule has 0 bridgehead atoms. The van der Waals surface area contributed by atoms with Gasteiger partial charge in [-0.3, -0.25) is 9.69 Å². The molecule has 1 aromatic carbocycles. The third kappa shape index (κ3) is 3.64. The Labute approximate surface area is 157 Å². The average molecular weight is 372 g/mol. The molecule has 4 rings (SSSR count). The SMILES string of the molecule is CSCc1noc(CN2CCC3(CC2)C[C@@H](c2ccccc2)C(=O)N3)n1. The highest BCUT2D eigenvalue weighted by Crippen LogP contribution is 2.39. The van der Waals surface area contributed by atoms with Crippen molar-refractivity contribution in [2.24, 2.45) is 0 Å². The first-order valence-electron chi connectivity index (χ1n) is 9.07. The van der Waals surface area contributed by atoms with Gasteiger partial charge in [-0.25, -0.2) is 0 Å². The Bertz CT molecular complexity index is 756. The van der Waals surface area contributed by atoms with Gasteiger partial charge >= 0.3 is 0 Å². The average Bonchev–Trinajstić information content (AvgIpc) is 3.23. The smallest absolute Gasteiger partial charge is 0.240 e. The van der Waals surface area contributed by atoms with Crippen molar-refractivity contribution >= 4 is 17.7 Å². The van der Waals surface area contributed by atoms with Crippen LogP contribution < -0.4 is 5.32 Å². The number of carbonyl (C=O) groups is 1. The van der Waals surface area contributed by atoms with E-state index in [1.165, 1.54) is 0 Å². The Morgan fingerprint density at radius 2 is 2.08 bits per heavy atom. The highest BCUT2D eigenvalue weighted by atomic mass is 32.2. The Hall–Kier alpha value is -1.86. The van der Waals surface area contributed by atoms with E-state index in [4.69, 9.17) is 4.52 Å². The molecule has 0 saturated carbocycles. The van der Waals surface area contributed by atoms with Crippen LogP contribution in [-0.2, 0) is 17.1 Å². The van der Waals surface area contributed by atoms with Crippen LogP contribution in [0.3, 0.4) is 0 Å². The lowest BCUT2D eigenvalue weighted by Crippen LogP contribution is -2.50. The number of aromatic nitrogens is 2. The molecule has 26 heavy (non-hydrogen) atoms. The fraction of sp³-hybridized carbons (Fsp3) is 0.526. The molecule has 138 valence electrons. The first-order chi connectivity index (χ1) is 12.7. The van der Waals surface area contributed by atoms with Crippen molar-refractivity contribution in [1.82, 2.24) is 20.4 Å². The first kappa shape index (κ1) is 17.5. The van der Waals surface area contributed by atoms with Crippen molar-refractivity contribution in [2.45, 2.75) is 43.0 Å². The summed E-state index contributed by atoms with van der Waals surface area (Å²) in [6.45, 7) is 2.55. The van der Waals surface area contributed by atoms with Crippen molar-refractivity contribution in [3.05, 3.63) is 47.6 Å². The molecule has 1 N–H and O–H groups in total. The zero-order valence-corrected chi connectivity index (χ0v) is 15.8. The van der Waals surface area contributed by atoms with Crippen molar-refractivity contribution in [1.29, 1.82) is 0 Å². The van der Waals surface area contributed by atoms with Crippen LogP contribution in [0.5, 0.6) is 0 Å². The molecule has 6 nitrogen and oxygen atoms in total. The number of rotatable bonds is 5. The van der Waals surface area contributed by atoms with Crippen LogP contribution in [0.15, 0.2) is 34.9 Å². The van der Waals surface area contributed by atoms with Gasteiger partial charge in [-0.1, -0.05) is 35.5 Å². The van der Waals surface area contributed by atoms with Crippen molar-refractivity contribution in [3.63, 3.8) is 0 Å². The number of hydrogen-bond donors (Lipinski definition) is 1. The highest BCUT2D eigenvalue weighted by Gasteiger charge is 2.46. The zero-order valence-electron chi connectivity index (χ0n) is 15.0. The predicted molar refractivity (Wildman–Crippen MR) is 101 cm³/mol. The normalized spacial score (nSPS) is 22.7. The molecule has 2 aliphatic heterocycles. The van der Waals surface area contributed by atoms with Crippen molar-refractivity contribution < 1.29 is 9.32 Å². The van der Waals surface area contributed by atoms with E-state index >= 15 is 0 Å². The molecule has 1 atom stereocenters. The van der Waals surface area contributed by atoms with Crippen LogP contribution in [0.1, 0.15) is 42.5 Å². The molecular formula is C19H24N4O2S. The van der Waals surface area contributed by atoms with Crippen molar-refractivity contribution in [2.75, 3.05) is 19.3 Å². The molecule has 2 fully saturated rings. The largest absolute Gasteiger partial charge is 0.350 e. The van der Waals surface area contributed by atoms with Gasteiger partial charge in [-0.05, 0) is 31.1 Å². The van der Waals surface area contributed by atoms with Crippen molar-refractivity contribution in [3.8, 4) is 0 Å². The molecule has 0 aliphatic carbocycles. The number of carbonyl (C=O) groups excluding carboxylic acids is 1. The number of thioether (sulfide) groups is 1. The quantitative estimate of drug-likeness (QED) is 0.870. The number of benzene rings is 1. The minimum atomic E-state index is -0.0626. The molecule has 2 saturated heterocycles. The fourth-order valence-corrected chi connectivity index (χ4v) is 4.41. The molecule has 3 heterocycles. The lowest BCUT2D eigenvalue weighted by atomic mass is 9.82. The van der Waals surface area contributed by atoms with Crippen LogP contribution in [0.4, 0.5) is 0 Å². The molecular weight excluding hydrogens is 348 g/mol. The minimum absolute atomic E-state index is 0.0206. The molecule has 1 aromatic heterocycles. The van der Waals surface area contributed by atoms with E-state index in [1.807, 2.05) is 24.5 Å². The molecule has 1 amide bonds. The second kappa shape index (κ2) is 7.40. The molecule has 1 spiro atoms. The van der Waals surface area contributed by atoms with Gasteiger partial charge in [0.25, 0.3) is 0 Å². The number of nitrogens with one attached hydrogen (secondary N) is 1. The Balaban J connectivity index is 1.35. The van der Waals surface area contributed by atoms with E-state index in [-0.39, 0.29) is 17.4 Å². The molecule has 2 aromatic rings. The second-order valence-corrected chi connectivity index (χ2v) is 8.12. The predicted octanol–water partition coefficient (Wildman–Crippen LogP) is 2.57. The lowest BCUT2D eigenvalue weighted by molar-refractivity contribution is -0.121. The van der Waals surface area contributed by atoms with Crippen LogP contribution in [0, 0.1) is 0 Å². The maximum absolute atomic E-state index is 12.5. The topological polar surface area (TPSA) is 71.3 Å². The second-order valence-electron chi connectivity index (χ2n) is 7.25. The fourth-order valence-electron chi connectivity index (χ4n) is 4.04. The monoisotopic (exact) mass is 372 g/mol. The third-order valence-electron chi connectivity index (χ3n) is 5.46. The van der Waals surface area contributed by atoms with E-state index in [2.05, 4.69) is 32.5 Å². The molecule has 0 unspecified atom stereocenters. The maximum Gasteiger partial charge on any atom is 0.240 e. The van der Waals surface area contributed by atoms with Gasteiger partial charge < -0.3 is 9.84 Å². The summed E-state index contributed by atoms with van der Waals surface area (Å²) in [6, 6.07) is 10.1. The number of piperidine rings is 1. The molecule has 7 heteroatoms. The van der Waals surface area contributed by atoms with Gasteiger partial charge in [0.2, 0.25) is 11.8 Å².